The van der Waals surface area contributed by atoms with Gasteiger partial charge in [-0.05, 0) is 37.7 Å². The van der Waals surface area contributed by atoms with Crippen LogP contribution in [0.3, 0.4) is 0 Å². The summed E-state index contributed by atoms with van der Waals surface area (Å²) in [5.41, 5.74) is 2.89. The highest BCUT2D eigenvalue weighted by molar-refractivity contribution is 14.0. The first-order chi connectivity index (χ1) is 10.3. The van der Waals surface area contributed by atoms with E-state index >= 15 is 0 Å². The molecule has 0 spiro atoms. The number of guanidine groups is 1. The number of rotatable bonds is 3. The molecule has 6 heteroatoms. The fourth-order valence-electron chi connectivity index (χ4n) is 2.64. The summed E-state index contributed by atoms with van der Waals surface area (Å²) in [5, 5.41) is 11.7. The standard InChI is InChI=1S/C17H31N5.HI/c1-12(2)22-10-13-7-8-14(9-15(13)21-22)20-16(18-6)19-11-17(3,4)5;/h10,12,14H,7-9,11H2,1-6H3,(H2,18,19,20);1H. The van der Waals surface area contributed by atoms with Gasteiger partial charge in [0.15, 0.2) is 5.96 Å². The maximum absolute atomic E-state index is 4.74. The van der Waals surface area contributed by atoms with Crippen molar-refractivity contribution in [2.24, 2.45) is 10.4 Å². The Morgan fingerprint density at radius 3 is 2.70 bits per heavy atom. The van der Waals surface area contributed by atoms with Crippen LogP contribution in [-0.2, 0) is 12.8 Å². The molecule has 0 radical (unpaired) electrons. The molecule has 1 aromatic heterocycles. The van der Waals surface area contributed by atoms with Crippen LogP contribution in [0.25, 0.3) is 0 Å². The number of aliphatic imine (C=N–C) groups is 1. The number of aryl methyl sites for hydroxylation is 1. The van der Waals surface area contributed by atoms with Crippen molar-refractivity contribution in [1.82, 2.24) is 20.4 Å². The lowest BCUT2D eigenvalue weighted by Gasteiger charge is -2.26. The quantitative estimate of drug-likeness (QED) is 0.438. The SMILES string of the molecule is CN=C(NCC(C)(C)C)NC1CCc2cn(C(C)C)nc2C1.I. The molecule has 0 amide bonds. The van der Waals surface area contributed by atoms with E-state index in [0.29, 0.717) is 12.1 Å². The molecule has 0 fully saturated rings. The van der Waals surface area contributed by atoms with Crippen LogP contribution in [0, 0.1) is 5.41 Å². The number of hydrogen-bond acceptors (Lipinski definition) is 2. The van der Waals surface area contributed by atoms with Crippen molar-refractivity contribution in [2.75, 3.05) is 13.6 Å². The summed E-state index contributed by atoms with van der Waals surface area (Å²) in [7, 11) is 1.83. The van der Waals surface area contributed by atoms with Crippen molar-refractivity contribution < 1.29 is 0 Å². The highest BCUT2D eigenvalue weighted by atomic mass is 127. The van der Waals surface area contributed by atoms with Gasteiger partial charge in [-0.15, -0.1) is 24.0 Å². The molecule has 0 aromatic carbocycles. The Bertz CT molecular complexity index is 528. The van der Waals surface area contributed by atoms with Crippen molar-refractivity contribution in [3.63, 3.8) is 0 Å². The molecule has 2 rings (SSSR count). The predicted molar refractivity (Wildman–Crippen MR) is 108 cm³/mol. The maximum atomic E-state index is 4.74. The predicted octanol–water partition coefficient (Wildman–Crippen LogP) is 3.15. The van der Waals surface area contributed by atoms with Crippen LogP contribution in [0.15, 0.2) is 11.2 Å². The van der Waals surface area contributed by atoms with Crippen molar-refractivity contribution in [2.45, 2.75) is 66.0 Å². The van der Waals surface area contributed by atoms with Gasteiger partial charge in [0, 0.05) is 38.3 Å². The number of aromatic nitrogens is 2. The zero-order valence-corrected chi connectivity index (χ0v) is 17.6. The molecule has 1 aliphatic carbocycles. The van der Waals surface area contributed by atoms with Crippen molar-refractivity contribution in [3.8, 4) is 0 Å². The van der Waals surface area contributed by atoms with E-state index in [2.05, 4.69) is 61.1 Å². The second-order valence-corrected chi connectivity index (χ2v) is 7.75. The van der Waals surface area contributed by atoms with E-state index in [1.54, 1.807) is 0 Å². The molecule has 0 aliphatic heterocycles. The molecule has 2 N–H and O–H groups in total. The van der Waals surface area contributed by atoms with Gasteiger partial charge in [0.1, 0.15) is 0 Å². The molecule has 0 saturated carbocycles. The Hall–Kier alpha value is -0.790. The number of hydrogen-bond donors (Lipinski definition) is 2. The lowest BCUT2D eigenvalue weighted by molar-refractivity contribution is 0.403. The van der Waals surface area contributed by atoms with Gasteiger partial charge in [-0.1, -0.05) is 20.8 Å². The Kier molecular flexibility index (Phi) is 7.35. The number of fused-ring (bicyclic) bond motifs is 1. The highest BCUT2D eigenvalue weighted by Gasteiger charge is 2.23. The van der Waals surface area contributed by atoms with Crippen LogP contribution in [0.1, 0.15) is 58.3 Å². The Balaban J connectivity index is 0.00000264. The minimum atomic E-state index is 0. The van der Waals surface area contributed by atoms with Gasteiger partial charge in [0.2, 0.25) is 0 Å². The van der Waals surface area contributed by atoms with E-state index in [-0.39, 0.29) is 29.4 Å². The summed E-state index contributed by atoms with van der Waals surface area (Å²) in [6, 6.07) is 0.840. The summed E-state index contributed by atoms with van der Waals surface area (Å²) in [4.78, 5) is 4.34. The molecule has 1 unspecified atom stereocenters. The van der Waals surface area contributed by atoms with Crippen LogP contribution < -0.4 is 10.6 Å². The third kappa shape index (κ3) is 5.97. The summed E-state index contributed by atoms with van der Waals surface area (Å²) < 4.78 is 2.08. The average molecular weight is 433 g/mol. The molecule has 1 heterocycles. The number of nitrogens with zero attached hydrogens (tertiary/aromatic N) is 3. The van der Waals surface area contributed by atoms with Crippen molar-refractivity contribution in [1.29, 1.82) is 0 Å². The first kappa shape index (κ1) is 20.3. The summed E-state index contributed by atoms with van der Waals surface area (Å²) in [6.45, 7) is 11.9. The van der Waals surface area contributed by atoms with Crippen molar-refractivity contribution in [3.05, 3.63) is 17.5 Å². The van der Waals surface area contributed by atoms with Gasteiger partial charge in [-0.2, -0.15) is 5.10 Å². The van der Waals surface area contributed by atoms with Gasteiger partial charge < -0.3 is 10.6 Å². The third-order valence-corrected chi connectivity index (χ3v) is 3.98. The molecular weight excluding hydrogens is 401 g/mol. The molecule has 1 aliphatic rings. The van der Waals surface area contributed by atoms with E-state index < -0.39 is 0 Å². The van der Waals surface area contributed by atoms with Crippen LogP contribution in [0.2, 0.25) is 0 Å². The minimum Gasteiger partial charge on any atom is -0.356 e. The normalized spacial score (nSPS) is 18.4. The monoisotopic (exact) mass is 433 g/mol. The van der Waals surface area contributed by atoms with E-state index in [9.17, 15) is 0 Å². The van der Waals surface area contributed by atoms with Gasteiger partial charge in [-0.3, -0.25) is 9.67 Å². The lowest BCUT2D eigenvalue weighted by atomic mass is 9.94. The summed E-state index contributed by atoms with van der Waals surface area (Å²) in [6.07, 6.45) is 5.41. The Morgan fingerprint density at radius 1 is 1.43 bits per heavy atom. The zero-order valence-electron chi connectivity index (χ0n) is 15.3. The summed E-state index contributed by atoms with van der Waals surface area (Å²) in [5.74, 6) is 0.895. The van der Waals surface area contributed by atoms with Gasteiger partial charge in [-0.25, -0.2) is 0 Å². The molecular formula is C17H32IN5. The van der Waals surface area contributed by atoms with Crippen LogP contribution >= 0.6 is 24.0 Å². The molecule has 0 saturated heterocycles. The molecule has 132 valence electrons. The van der Waals surface area contributed by atoms with Gasteiger partial charge in [0.25, 0.3) is 0 Å². The molecule has 5 nitrogen and oxygen atoms in total. The van der Waals surface area contributed by atoms with Crippen LogP contribution in [0.4, 0.5) is 0 Å². The molecule has 1 aromatic rings. The second-order valence-electron chi connectivity index (χ2n) is 7.75. The fraction of sp³-hybridized carbons (Fsp3) is 0.765. The second kappa shape index (κ2) is 8.35. The first-order valence-corrected chi connectivity index (χ1v) is 8.32. The van der Waals surface area contributed by atoms with Crippen LogP contribution in [-0.4, -0.2) is 35.4 Å². The highest BCUT2D eigenvalue weighted by Crippen LogP contribution is 2.21. The molecule has 23 heavy (non-hydrogen) atoms. The zero-order chi connectivity index (χ0) is 16.3. The van der Waals surface area contributed by atoms with E-state index in [0.717, 1.165) is 31.8 Å². The number of nitrogens with one attached hydrogen (secondary N) is 2. The Morgan fingerprint density at radius 2 is 2.13 bits per heavy atom. The van der Waals surface area contributed by atoms with Gasteiger partial charge in [0.05, 0.1) is 5.69 Å². The largest absolute Gasteiger partial charge is 0.356 e. The van der Waals surface area contributed by atoms with Crippen LogP contribution in [0.5, 0.6) is 0 Å². The van der Waals surface area contributed by atoms with Gasteiger partial charge >= 0.3 is 0 Å². The van der Waals surface area contributed by atoms with E-state index in [4.69, 9.17) is 5.10 Å². The third-order valence-electron chi connectivity index (χ3n) is 3.98. The topological polar surface area (TPSA) is 54.2 Å². The average Bonchev–Trinajstić information content (AvgIpc) is 2.85. The minimum absolute atomic E-state index is 0. The Labute approximate surface area is 157 Å². The number of halogens is 1. The van der Waals surface area contributed by atoms with E-state index in [1.807, 2.05) is 7.05 Å². The van der Waals surface area contributed by atoms with E-state index in [1.165, 1.54) is 11.3 Å². The van der Waals surface area contributed by atoms with Crippen molar-refractivity contribution >= 4 is 29.9 Å². The molecule has 1 atom stereocenters. The lowest BCUT2D eigenvalue weighted by Crippen LogP contribution is -2.47. The first-order valence-electron chi connectivity index (χ1n) is 8.32. The molecule has 0 bridgehead atoms. The fourth-order valence-corrected chi connectivity index (χ4v) is 2.64. The smallest absolute Gasteiger partial charge is 0.191 e. The summed E-state index contributed by atoms with van der Waals surface area (Å²) >= 11 is 0. The maximum Gasteiger partial charge on any atom is 0.191 e.